The lowest BCUT2D eigenvalue weighted by Crippen LogP contribution is -2.35. The third-order valence-electron chi connectivity index (χ3n) is 1.76. The van der Waals surface area contributed by atoms with E-state index in [1.165, 1.54) is 6.92 Å². The van der Waals surface area contributed by atoms with Crippen molar-refractivity contribution in [3.63, 3.8) is 0 Å². The Hall–Kier alpha value is -2.11. The highest BCUT2D eigenvalue weighted by molar-refractivity contribution is 7.80. The Bertz CT molecular complexity index is 491. The maximum Gasteiger partial charge on any atom is 0.301 e. The molecule has 0 saturated carbocycles. The minimum Gasteiger partial charge on any atom is -0.347 e. The van der Waals surface area contributed by atoms with E-state index in [4.69, 9.17) is 12.2 Å². The third kappa shape index (κ3) is 9.87. The Morgan fingerprint density at radius 2 is 1.75 bits per heavy atom. The molecule has 108 valence electrons. The van der Waals surface area contributed by atoms with Gasteiger partial charge in [-0.05, 0) is 19.9 Å². The van der Waals surface area contributed by atoms with E-state index >= 15 is 0 Å². The van der Waals surface area contributed by atoms with Crippen molar-refractivity contribution in [1.82, 2.24) is 16.0 Å². The van der Waals surface area contributed by atoms with Gasteiger partial charge in [0.1, 0.15) is 5.78 Å². The second-order valence-corrected chi connectivity index (χ2v) is 4.23. The molecule has 0 radical (unpaired) electrons. The fourth-order valence-corrected chi connectivity index (χ4v) is 1.30. The number of carbonyl (C=O) groups is 4. The second-order valence-electron chi connectivity index (χ2n) is 3.74. The molecule has 0 unspecified atom stereocenters. The molecule has 0 atom stereocenters. The van der Waals surface area contributed by atoms with Crippen LogP contribution < -0.4 is 16.0 Å². The number of hydrogen-bond acceptors (Lipinski definition) is 6. The van der Waals surface area contributed by atoms with E-state index < -0.39 is 11.7 Å². The zero-order valence-corrected chi connectivity index (χ0v) is 12.0. The lowest BCUT2D eigenvalue weighted by atomic mass is 10.3. The summed E-state index contributed by atoms with van der Waals surface area (Å²) in [5.41, 5.74) is 0. The number of carbonyl (C=O) groups excluding carboxylic acids is 4. The molecule has 0 aromatic heterocycles. The zero-order valence-electron chi connectivity index (χ0n) is 11.2. The topological polar surface area (TPSA) is 104 Å². The van der Waals surface area contributed by atoms with Crippen LogP contribution in [0.15, 0.2) is 0 Å². The van der Waals surface area contributed by atoms with E-state index in [-0.39, 0.29) is 36.2 Å². The molecule has 0 rings (SSSR count). The minimum atomic E-state index is -0.772. The number of ketones is 2. The fraction of sp³-hybridized carbons (Fsp3) is 0.417. The van der Waals surface area contributed by atoms with Gasteiger partial charge in [0.25, 0.3) is 0 Å². The molecule has 0 saturated heterocycles. The van der Waals surface area contributed by atoms with Crippen LogP contribution in [-0.4, -0.2) is 48.5 Å². The summed E-state index contributed by atoms with van der Waals surface area (Å²) in [7, 11) is 1.59. The Kier molecular flexibility index (Phi) is 8.74. The van der Waals surface area contributed by atoms with Crippen molar-refractivity contribution >= 4 is 40.6 Å². The molecule has 0 fully saturated rings. The van der Waals surface area contributed by atoms with Crippen molar-refractivity contribution in [2.75, 3.05) is 20.1 Å². The van der Waals surface area contributed by atoms with Gasteiger partial charge in [-0.25, -0.2) is 0 Å². The minimum absolute atomic E-state index is 0.0478. The molecule has 3 N–H and O–H groups in total. The molecular formula is C12H15N3O4S. The Balaban J connectivity index is 4.14. The monoisotopic (exact) mass is 297 g/mol. The number of hydrogen-bond donors (Lipinski definition) is 3. The standard InChI is InChI=1S/C12H15N3O4S/c1-8(16)5-12(20)15-10(18)4-3-9(17)6-14-11(19)7-13-2/h13H,5-7H2,1-2H3,(H,14,19)(H,15,18,20). The molecule has 0 aliphatic rings. The molecule has 0 aliphatic heterocycles. The normalized spacial score (nSPS) is 8.90. The predicted molar refractivity (Wildman–Crippen MR) is 75.8 cm³/mol. The fourth-order valence-electron chi connectivity index (χ4n) is 1.00. The van der Waals surface area contributed by atoms with Gasteiger partial charge in [-0.1, -0.05) is 12.2 Å². The molecule has 0 aliphatic carbocycles. The number of thiocarbonyl (C=S) groups is 1. The van der Waals surface area contributed by atoms with Crippen LogP contribution in [0, 0.1) is 11.8 Å². The predicted octanol–water partition coefficient (Wildman–Crippen LogP) is -1.68. The van der Waals surface area contributed by atoms with Gasteiger partial charge in [-0.3, -0.25) is 19.2 Å². The largest absolute Gasteiger partial charge is 0.347 e. The summed E-state index contributed by atoms with van der Waals surface area (Å²) in [5.74, 6) is 2.16. The van der Waals surface area contributed by atoms with Crippen molar-refractivity contribution in [2.24, 2.45) is 0 Å². The highest BCUT2D eigenvalue weighted by Gasteiger charge is 2.05. The second kappa shape index (κ2) is 9.77. The first-order valence-electron chi connectivity index (χ1n) is 5.64. The molecule has 20 heavy (non-hydrogen) atoms. The van der Waals surface area contributed by atoms with Crippen molar-refractivity contribution < 1.29 is 19.2 Å². The van der Waals surface area contributed by atoms with Crippen LogP contribution in [0.5, 0.6) is 0 Å². The summed E-state index contributed by atoms with van der Waals surface area (Å²) in [6.07, 6.45) is -0.0588. The van der Waals surface area contributed by atoms with Crippen molar-refractivity contribution in [2.45, 2.75) is 13.3 Å². The van der Waals surface area contributed by atoms with Crippen LogP contribution in [0.4, 0.5) is 0 Å². The molecule has 0 bridgehead atoms. The molecule has 0 heterocycles. The third-order valence-corrected chi connectivity index (χ3v) is 2.01. The van der Waals surface area contributed by atoms with Crippen LogP contribution in [-0.2, 0) is 19.2 Å². The van der Waals surface area contributed by atoms with Crippen molar-refractivity contribution in [3.05, 3.63) is 0 Å². The average molecular weight is 297 g/mol. The maximum atomic E-state index is 11.2. The van der Waals surface area contributed by atoms with Crippen LogP contribution in [0.2, 0.25) is 0 Å². The molecule has 2 amide bonds. The van der Waals surface area contributed by atoms with Gasteiger partial charge in [0.05, 0.1) is 24.5 Å². The number of Topliss-reactive ketones (excluding diaryl/α,β-unsaturated/α-hetero) is 2. The maximum absolute atomic E-state index is 11.2. The average Bonchev–Trinajstić information content (AvgIpc) is 2.33. The van der Waals surface area contributed by atoms with Gasteiger partial charge < -0.3 is 16.0 Å². The summed E-state index contributed by atoms with van der Waals surface area (Å²) < 4.78 is 0. The SMILES string of the molecule is CNCC(=O)NCC(=O)C#CC(=O)NC(=S)CC(C)=O. The van der Waals surface area contributed by atoms with E-state index in [9.17, 15) is 19.2 Å². The zero-order chi connectivity index (χ0) is 15.5. The van der Waals surface area contributed by atoms with E-state index in [1.54, 1.807) is 7.05 Å². The van der Waals surface area contributed by atoms with Gasteiger partial charge in [-0.2, -0.15) is 0 Å². The molecule has 0 spiro atoms. The number of rotatable bonds is 6. The van der Waals surface area contributed by atoms with Crippen LogP contribution in [0.3, 0.4) is 0 Å². The molecule has 7 nitrogen and oxygen atoms in total. The van der Waals surface area contributed by atoms with Gasteiger partial charge >= 0.3 is 5.91 Å². The van der Waals surface area contributed by atoms with Crippen LogP contribution >= 0.6 is 12.2 Å². The Labute approximate surface area is 121 Å². The van der Waals surface area contributed by atoms with Gasteiger partial charge in [0, 0.05) is 5.92 Å². The van der Waals surface area contributed by atoms with Gasteiger partial charge in [-0.15, -0.1) is 0 Å². The molecule has 0 aromatic rings. The molecule has 8 heteroatoms. The summed E-state index contributed by atoms with van der Waals surface area (Å²) >= 11 is 4.73. The van der Waals surface area contributed by atoms with Gasteiger partial charge in [0.2, 0.25) is 11.7 Å². The van der Waals surface area contributed by atoms with Crippen LogP contribution in [0.1, 0.15) is 13.3 Å². The highest BCUT2D eigenvalue weighted by Crippen LogP contribution is 1.84. The highest BCUT2D eigenvalue weighted by atomic mass is 32.1. The van der Waals surface area contributed by atoms with E-state index in [0.29, 0.717) is 0 Å². The van der Waals surface area contributed by atoms with Crippen LogP contribution in [0.25, 0.3) is 0 Å². The molecule has 0 aromatic carbocycles. The Morgan fingerprint density at radius 3 is 2.30 bits per heavy atom. The van der Waals surface area contributed by atoms with Gasteiger partial charge in [0.15, 0.2) is 0 Å². The van der Waals surface area contributed by atoms with E-state index in [2.05, 4.69) is 21.9 Å². The smallest absolute Gasteiger partial charge is 0.301 e. The number of likely N-dealkylation sites (N-methyl/N-ethyl adjacent to an activating group) is 1. The lowest BCUT2D eigenvalue weighted by Gasteiger charge is -2.00. The lowest BCUT2D eigenvalue weighted by molar-refractivity contribution is -0.122. The van der Waals surface area contributed by atoms with E-state index in [1.807, 2.05) is 5.92 Å². The number of nitrogens with one attached hydrogen (secondary N) is 3. The summed E-state index contributed by atoms with van der Waals surface area (Å²) in [5, 5.41) is 7.13. The summed E-state index contributed by atoms with van der Waals surface area (Å²) in [6, 6.07) is 0. The first kappa shape index (κ1) is 17.9. The van der Waals surface area contributed by atoms with E-state index in [0.717, 1.165) is 0 Å². The van der Waals surface area contributed by atoms with Crippen molar-refractivity contribution in [3.8, 4) is 11.8 Å². The first-order chi connectivity index (χ1) is 9.35. The Morgan fingerprint density at radius 1 is 1.10 bits per heavy atom. The number of amides is 2. The summed E-state index contributed by atoms with van der Waals surface area (Å²) in [6.45, 7) is 1.14. The molecular weight excluding hydrogens is 282 g/mol. The quantitative estimate of drug-likeness (QED) is 0.307. The first-order valence-corrected chi connectivity index (χ1v) is 6.05. The van der Waals surface area contributed by atoms with Crippen molar-refractivity contribution in [1.29, 1.82) is 0 Å². The summed E-state index contributed by atoms with van der Waals surface area (Å²) in [4.78, 5) is 44.3.